The number of carboxylic acids is 1. The van der Waals surface area contributed by atoms with Gasteiger partial charge < -0.3 is 15.5 Å². The zero-order chi connectivity index (χ0) is 14.3. The molecular formula is C14H17NO4. The van der Waals surface area contributed by atoms with Gasteiger partial charge in [0, 0.05) is 17.8 Å². The van der Waals surface area contributed by atoms with E-state index < -0.39 is 18.0 Å². The van der Waals surface area contributed by atoms with E-state index in [0.29, 0.717) is 12.0 Å². The van der Waals surface area contributed by atoms with Gasteiger partial charge in [0.15, 0.2) is 0 Å². The number of aliphatic carboxylic acids is 1. The molecule has 19 heavy (non-hydrogen) atoms. The highest BCUT2D eigenvalue weighted by atomic mass is 16.4. The molecule has 1 amide bonds. The predicted molar refractivity (Wildman–Crippen MR) is 70.6 cm³/mol. The summed E-state index contributed by atoms with van der Waals surface area (Å²) in [6.45, 7) is 1.99. The summed E-state index contributed by atoms with van der Waals surface area (Å²) in [7, 11) is 0. The van der Waals surface area contributed by atoms with Gasteiger partial charge in [-0.2, -0.15) is 0 Å². The van der Waals surface area contributed by atoms with Crippen molar-refractivity contribution >= 4 is 11.9 Å². The topological polar surface area (TPSA) is 86.6 Å². The van der Waals surface area contributed by atoms with Crippen molar-refractivity contribution in [1.82, 2.24) is 5.32 Å². The molecule has 0 saturated carbocycles. The summed E-state index contributed by atoms with van der Waals surface area (Å²) < 4.78 is 0. The molecule has 0 aliphatic carbocycles. The van der Waals surface area contributed by atoms with Crippen LogP contribution in [0.3, 0.4) is 0 Å². The standard InChI is InChI=1S/C14H17NO4/c1-2-3-12(16)10-4-6-11(7-5-10)14(19)15-9-8-13(17)18/h4-9,12,16H,2-3H2,1H3,(H,15,19)(H,17,18). The fourth-order valence-corrected chi connectivity index (χ4v) is 1.57. The Morgan fingerprint density at radius 3 is 2.47 bits per heavy atom. The zero-order valence-corrected chi connectivity index (χ0v) is 10.7. The molecule has 1 aromatic rings. The Labute approximate surface area is 111 Å². The second-order valence-electron chi connectivity index (χ2n) is 4.07. The normalized spacial score (nSPS) is 12.3. The monoisotopic (exact) mass is 263 g/mol. The quantitative estimate of drug-likeness (QED) is 0.683. The summed E-state index contributed by atoms with van der Waals surface area (Å²) in [5, 5.41) is 20.5. The number of carboxylic acid groups (broad SMARTS) is 1. The molecule has 0 heterocycles. The van der Waals surface area contributed by atoms with Crippen molar-refractivity contribution in [2.24, 2.45) is 0 Å². The Bertz CT molecular complexity index is 465. The molecule has 0 saturated heterocycles. The first-order valence-electron chi connectivity index (χ1n) is 6.03. The van der Waals surface area contributed by atoms with Gasteiger partial charge in [-0.1, -0.05) is 25.5 Å². The summed E-state index contributed by atoms with van der Waals surface area (Å²) >= 11 is 0. The second-order valence-corrected chi connectivity index (χ2v) is 4.07. The van der Waals surface area contributed by atoms with Gasteiger partial charge in [-0.15, -0.1) is 0 Å². The van der Waals surface area contributed by atoms with E-state index in [9.17, 15) is 14.7 Å². The Morgan fingerprint density at radius 2 is 1.95 bits per heavy atom. The average Bonchev–Trinajstić information content (AvgIpc) is 2.38. The van der Waals surface area contributed by atoms with Crippen LogP contribution in [0.25, 0.3) is 0 Å². The smallest absolute Gasteiger partial charge is 0.329 e. The first kappa shape index (κ1) is 14.9. The minimum atomic E-state index is -1.13. The van der Waals surface area contributed by atoms with Crippen molar-refractivity contribution in [1.29, 1.82) is 0 Å². The summed E-state index contributed by atoms with van der Waals surface area (Å²) in [4.78, 5) is 21.8. The van der Waals surface area contributed by atoms with Gasteiger partial charge in [-0.05, 0) is 24.1 Å². The number of aliphatic hydroxyl groups excluding tert-OH is 1. The fraction of sp³-hybridized carbons (Fsp3) is 0.286. The first-order valence-corrected chi connectivity index (χ1v) is 6.03. The van der Waals surface area contributed by atoms with Crippen LogP contribution in [-0.4, -0.2) is 22.1 Å². The van der Waals surface area contributed by atoms with Gasteiger partial charge in [-0.25, -0.2) is 4.79 Å². The van der Waals surface area contributed by atoms with Gasteiger partial charge in [-0.3, -0.25) is 4.79 Å². The van der Waals surface area contributed by atoms with Crippen LogP contribution in [0.1, 0.15) is 41.8 Å². The zero-order valence-electron chi connectivity index (χ0n) is 10.7. The number of carbonyl (C=O) groups excluding carboxylic acids is 1. The van der Waals surface area contributed by atoms with E-state index in [4.69, 9.17) is 5.11 Å². The Morgan fingerprint density at radius 1 is 1.32 bits per heavy atom. The van der Waals surface area contributed by atoms with E-state index in [1.165, 1.54) is 0 Å². The van der Waals surface area contributed by atoms with E-state index in [-0.39, 0.29) is 0 Å². The number of carbonyl (C=O) groups is 2. The SMILES string of the molecule is CCCC(O)c1ccc(C(=O)NC=CC(=O)O)cc1. The molecule has 0 fully saturated rings. The van der Waals surface area contributed by atoms with Gasteiger partial charge in [0.25, 0.3) is 5.91 Å². The van der Waals surface area contributed by atoms with E-state index in [1.54, 1.807) is 24.3 Å². The number of benzene rings is 1. The van der Waals surface area contributed by atoms with Crippen LogP contribution in [0.15, 0.2) is 36.5 Å². The number of hydrogen-bond donors (Lipinski definition) is 3. The molecule has 0 spiro atoms. The maximum Gasteiger partial charge on any atom is 0.329 e. The summed E-state index contributed by atoms with van der Waals surface area (Å²) in [6.07, 6.45) is 2.95. The molecule has 1 atom stereocenters. The van der Waals surface area contributed by atoms with E-state index in [2.05, 4.69) is 5.32 Å². The fourth-order valence-electron chi connectivity index (χ4n) is 1.57. The third kappa shape index (κ3) is 4.93. The van der Waals surface area contributed by atoms with Crippen molar-refractivity contribution < 1.29 is 19.8 Å². The van der Waals surface area contributed by atoms with E-state index in [1.807, 2.05) is 6.92 Å². The summed E-state index contributed by atoms with van der Waals surface area (Å²) in [5.41, 5.74) is 1.17. The maximum atomic E-state index is 11.6. The van der Waals surface area contributed by atoms with Crippen molar-refractivity contribution in [3.05, 3.63) is 47.7 Å². The Balaban J connectivity index is 2.65. The van der Waals surface area contributed by atoms with E-state index >= 15 is 0 Å². The molecule has 0 aliphatic heterocycles. The highest BCUT2D eigenvalue weighted by Crippen LogP contribution is 2.18. The molecule has 0 radical (unpaired) electrons. The lowest BCUT2D eigenvalue weighted by Crippen LogP contribution is -2.17. The average molecular weight is 263 g/mol. The highest BCUT2D eigenvalue weighted by molar-refractivity contribution is 5.95. The van der Waals surface area contributed by atoms with Crippen LogP contribution >= 0.6 is 0 Å². The lowest BCUT2D eigenvalue weighted by atomic mass is 10.0. The van der Waals surface area contributed by atoms with Crippen LogP contribution in [0.5, 0.6) is 0 Å². The maximum absolute atomic E-state index is 11.6. The third-order valence-corrected chi connectivity index (χ3v) is 2.56. The molecule has 5 nitrogen and oxygen atoms in total. The highest BCUT2D eigenvalue weighted by Gasteiger charge is 2.08. The number of hydrogen-bond acceptors (Lipinski definition) is 3. The molecule has 0 aliphatic rings. The molecule has 102 valence electrons. The minimum absolute atomic E-state index is 0.394. The first-order chi connectivity index (χ1) is 9.04. The molecule has 1 aromatic carbocycles. The Kier molecular flexibility index (Phi) is 5.75. The molecule has 1 rings (SSSR count). The third-order valence-electron chi connectivity index (χ3n) is 2.56. The van der Waals surface area contributed by atoms with Crippen LogP contribution in [-0.2, 0) is 4.79 Å². The van der Waals surface area contributed by atoms with Crippen LogP contribution < -0.4 is 5.32 Å². The number of aliphatic hydroxyl groups is 1. The van der Waals surface area contributed by atoms with Crippen molar-refractivity contribution in [2.75, 3.05) is 0 Å². The number of nitrogens with one attached hydrogen (secondary N) is 1. The van der Waals surface area contributed by atoms with Crippen LogP contribution in [0.2, 0.25) is 0 Å². The molecule has 1 unspecified atom stereocenters. The summed E-state index contributed by atoms with van der Waals surface area (Å²) in [6, 6.07) is 6.57. The second kappa shape index (κ2) is 7.33. The minimum Gasteiger partial charge on any atom is -0.478 e. The molecular weight excluding hydrogens is 246 g/mol. The van der Waals surface area contributed by atoms with E-state index in [0.717, 1.165) is 24.3 Å². The molecule has 3 N–H and O–H groups in total. The van der Waals surface area contributed by atoms with Gasteiger partial charge >= 0.3 is 5.97 Å². The lowest BCUT2D eigenvalue weighted by Gasteiger charge is -2.09. The lowest BCUT2D eigenvalue weighted by molar-refractivity contribution is -0.131. The van der Waals surface area contributed by atoms with Crippen molar-refractivity contribution in [3.8, 4) is 0 Å². The van der Waals surface area contributed by atoms with Crippen LogP contribution in [0, 0.1) is 0 Å². The Hall–Kier alpha value is -2.14. The van der Waals surface area contributed by atoms with Gasteiger partial charge in [0.05, 0.1) is 6.10 Å². The summed E-state index contributed by atoms with van der Waals surface area (Å²) in [5.74, 6) is -1.52. The van der Waals surface area contributed by atoms with Crippen LogP contribution in [0.4, 0.5) is 0 Å². The van der Waals surface area contributed by atoms with Gasteiger partial charge in [0.1, 0.15) is 0 Å². The molecule has 0 bridgehead atoms. The van der Waals surface area contributed by atoms with Crippen molar-refractivity contribution in [3.63, 3.8) is 0 Å². The van der Waals surface area contributed by atoms with Gasteiger partial charge in [0.2, 0.25) is 0 Å². The molecule has 5 heteroatoms. The predicted octanol–water partition coefficient (Wildman–Crippen LogP) is 1.85. The number of amides is 1. The number of rotatable bonds is 6. The van der Waals surface area contributed by atoms with Crippen molar-refractivity contribution in [2.45, 2.75) is 25.9 Å². The molecule has 0 aromatic heterocycles. The largest absolute Gasteiger partial charge is 0.478 e.